The summed E-state index contributed by atoms with van der Waals surface area (Å²) in [5.41, 5.74) is 1.02. The third-order valence-corrected chi connectivity index (χ3v) is 4.43. The monoisotopic (exact) mass is 275 g/mol. The van der Waals surface area contributed by atoms with Gasteiger partial charge in [-0.15, -0.1) is 0 Å². The lowest BCUT2D eigenvalue weighted by Gasteiger charge is -2.07. The Bertz CT molecular complexity index is 494. The molecule has 0 saturated carbocycles. The highest BCUT2D eigenvalue weighted by Crippen LogP contribution is 2.19. The molecule has 1 heterocycles. The van der Waals surface area contributed by atoms with Crippen LogP contribution in [0.15, 0.2) is 4.90 Å². The van der Waals surface area contributed by atoms with E-state index in [2.05, 4.69) is 9.82 Å². The van der Waals surface area contributed by atoms with Crippen LogP contribution in [0.2, 0.25) is 0 Å². The Morgan fingerprint density at radius 3 is 2.61 bits per heavy atom. The SMILES string of the molecule is CCCCNS(=O)(=O)c1c(C)nn(CCO)c1C. The summed E-state index contributed by atoms with van der Waals surface area (Å²) in [6.45, 7) is 6.04. The molecule has 0 radical (unpaired) electrons. The molecule has 1 aromatic rings. The lowest BCUT2D eigenvalue weighted by atomic mass is 10.3. The zero-order valence-corrected chi connectivity index (χ0v) is 11.9. The number of sulfonamides is 1. The van der Waals surface area contributed by atoms with Crippen molar-refractivity contribution in [2.45, 2.75) is 45.1 Å². The van der Waals surface area contributed by atoms with E-state index in [9.17, 15) is 8.42 Å². The summed E-state index contributed by atoms with van der Waals surface area (Å²) in [5.74, 6) is 0. The Hall–Kier alpha value is -0.920. The number of hydrogen-bond donors (Lipinski definition) is 2. The molecule has 0 aromatic carbocycles. The third-order valence-electron chi connectivity index (χ3n) is 2.72. The zero-order valence-electron chi connectivity index (χ0n) is 11.1. The molecule has 7 heteroatoms. The van der Waals surface area contributed by atoms with Crippen molar-refractivity contribution in [3.8, 4) is 0 Å². The molecule has 0 fully saturated rings. The summed E-state index contributed by atoms with van der Waals surface area (Å²) in [5, 5.41) is 13.0. The number of hydrogen-bond acceptors (Lipinski definition) is 4. The predicted molar refractivity (Wildman–Crippen MR) is 68.9 cm³/mol. The highest BCUT2D eigenvalue weighted by Gasteiger charge is 2.23. The molecule has 0 aliphatic rings. The Balaban J connectivity index is 3.01. The van der Waals surface area contributed by atoms with Crippen molar-refractivity contribution in [3.05, 3.63) is 11.4 Å². The van der Waals surface area contributed by atoms with Gasteiger partial charge >= 0.3 is 0 Å². The highest BCUT2D eigenvalue weighted by atomic mass is 32.2. The number of nitrogens with one attached hydrogen (secondary N) is 1. The van der Waals surface area contributed by atoms with E-state index in [0.717, 1.165) is 12.8 Å². The molecule has 0 spiro atoms. The van der Waals surface area contributed by atoms with Crippen molar-refractivity contribution in [1.82, 2.24) is 14.5 Å². The lowest BCUT2D eigenvalue weighted by Crippen LogP contribution is -2.25. The Morgan fingerprint density at radius 1 is 1.39 bits per heavy atom. The molecule has 104 valence electrons. The molecule has 0 bridgehead atoms. The van der Waals surface area contributed by atoms with Crippen LogP contribution in [0.3, 0.4) is 0 Å². The van der Waals surface area contributed by atoms with Gasteiger partial charge in [-0.25, -0.2) is 13.1 Å². The van der Waals surface area contributed by atoms with Gasteiger partial charge in [0.15, 0.2) is 0 Å². The van der Waals surface area contributed by atoms with Gasteiger partial charge in [-0.3, -0.25) is 4.68 Å². The first-order valence-electron chi connectivity index (χ1n) is 6.08. The van der Waals surface area contributed by atoms with Gasteiger partial charge in [0.1, 0.15) is 4.90 Å². The van der Waals surface area contributed by atoms with E-state index in [0.29, 0.717) is 24.5 Å². The van der Waals surface area contributed by atoms with Crippen molar-refractivity contribution in [3.63, 3.8) is 0 Å². The van der Waals surface area contributed by atoms with Crippen LogP contribution in [-0.2, 0) is 16.6 Å². The average molecular weight is 275 g/mol. The van der Waals surface area contributed by atoms with Crippen molar-refractivity contribution in [2.75, 3.05) is 13.2 Å². The van der Waals surface area contributed by atoms with Crippen LogP contribution >= 0.6 is 0 Å². The van der Waals surface area contributed by atoms with Gasteiger partial charge in [0.2, 0.25) is 10.0 Å². The molecule has 1 rings (SSSR count). The Kier molecular flexibility index (Phi) is 5.30. The summed E-state index contributed by atoms with van der Waals surface area (Å²) in [4.78, 5) is 0.229. The second-order valence-corrected chi connectivity index (χ2v) is 5.90. The van der Waals surface area contributed by atoms with E-state index in [1.807, 2.05) is 6.92 Å². The second-order valence-electron chi connectivity index (χ2n) is 4.20. The van der Waals surface area contributed by atoms with Crippen LogP contribution in [0, 0.1) is 13.8 Å². The van der Waals surface area contributed by atoms with Gasteiger partial charge in [-0.2, -0.15) is 5.10 Å². The minimum Gasteiger partial charge on any atom is -0.394 e. The van der Waals surface area contributed by atoms with Gasteiger partial charge in [0.05, 0.1) is 24.5 Å². The molecular formula is C11H21N3O3S. The third kappa shape index (κ3) is 3.30. The van der Waals surface area contributed by atoms with E-state index in [-0.39, 0.29) is 11.5 Å². The summed E-state index contributed by atoms with van der Waals surface area (Å²) in [6, 6.07) is 0. The summed E-state index contributed by atoms with van der Waals surface area (Å²) >= 11 is 0. The summed E-state index contributed by atoms with van der Waals surface area (Å²) in [7, 11) is -3.51. The number of aromatic nitrogens is 2. The van der Waals surface area contributed by atoms with Gasteiger partial charge in [0.25, 0.3) is 0 Å². The molecule has 0 aliphatic heterocycles. The van der Waals surface area contributed by atoms with Crippen LogP contribution in [0.1, 0.15) is 31.2 Å². The molecule has 1 aromatic heterocycles. The first-order chi connectivity index (χ1) is 8.44. The first kappa shape index (κ1) is 15.1. The van der Waals surface area contributed by atoms with Gasteiger partial charge in [-0.1, -0.05) is 13.3 Å². The molecule has 0 aliphatic carbocycles. The van der Waals surface area contributed by atoms with Crippen molar-refractivity contribution < 1.29 is 13.5 Å². The lowest BCUT2D eigenvalue weighted by molar-refractivity contribution is 0.267. The van der Waals surface area contributed by atoms with Gasteiger partial charge < -0.3 is 5.11 Å². The van der Waals surface area contributed by atoms with Crippen LogP contribution < -0.4 is 4.72 Å². The zero-order chi connectivity index (χ0) is 13.8. The summed E-state index contributed by atoms with van der Waals surface area (Å²) < 4.78 is 28.4. The van der Waals surface area contributed by atoms with Crippen molar-refractivity contribution >= 4 is 10.0 Å². The first-order valence-corrected chi connectivity index (χ1v) is 7.57. The maximum atomic E-state index is 12.1. The fourth-order valence-electron chi connectivity index (χ4n) is 1.84. The largest absolute Gasteiger partial charge is 0.394 e. The molecular weight excluding hydrogens is 254 g/mol. The van der Waals surface area contributed by atoms with Gasteiger partial charge in [0, 0.05) is 6.54 Å². The standard InChI is InChI=1S/C11H21N3O3S/c1-4-5-6-12-18(16,17)11-9(2)13-14(7-8-15)10(11)3/h12,15H,4-8H2,1-3H3. The normalized spacial score (nSPS) is 12.0. The number of rotatable bonds is 7. The molecule has 0 saturated heterocycles. The second kappa shape index (κ2) is 6.31. The number of aliphatic hydroxyl groups excluding tert-OH is 1. The molecule has 0 atom stereocenters. The van der Waals surface area contributed by atoms with Crippen LogP contribution in [0.25, 0.3) is 0 Å². The highest BCUT2D eigenvalue weighted by molar-refractivity contribution is 7.89. The minimum absolute atomic E-state index is 0.0648. The average Bonchev–Trinajstić information content (AvgIpc) is 2.55. The topological polar surface area (TPSA) is 84.2 Å². The van der Waals surface area contributed by atoms with Crippen LogP contribution in [-0.4, -0.2) is 36.5 Å². The number of nitrogens with zero attached hydrogens (tertiary/aromatic N) is 2. The fourth-order valence-corrected chi connectivity index (χ4v) is 3.32. The summed E-state index contributed by atoms with van der Waals surface area (Å²) in [6.07, 6.45) is 1.74. The predicted octanol–water partition coefficient (Wildman–Crippen LogP) is 0.571. The minimum atomic E-state index is -3.51. The quantitative estimate of drug-likeness (QED) is 0.713. The molecule has 0 unspecified atom stereocenters. The number of aliphatic hydroxyl groups is 1. The maximum Gasteiger partial charge on any atom is 0.244 e. The van der Waals surface area contributed by atoms with Crippen molar-refractivity contribution in [1.29, 1.82) is 0 Å². The Morgan fingerprint density at radius 2 is 2.06 bits per heavy atom. The molecule has 18 heavy (non-hydrogen) atoms. The molecule has 0 amide bonds. The number of unbranched alkanes of at least 4 members (excludes halogenated alkanes) is 1. The van der Waals surface area contributed by atoms with Gasteiger partial charge in [-0.05, 0) is 20.3 Å². The van der Waals surface area contributed by atoms with Crippen molar-refractivity contribution in [2.24, 2.45) is 0 Å². The van der Waals surface area contributed by atoms with E-state index >= 15 is 0 Å². The van der Waals surface area contributed by atoms with E-state index in [1.165, 1.54) is 4.68 Å². The maximum absolute atomic E-state index is 12.1. The van der Waals surface area contributed by atoms with E-state index in [4.69, 9.17) is 5.11 Å². The smallest absolute Gasteiger partial charge is 0.244 e. The van der Waals surface area contributed by atoms with E-state index < -0.39 is 10.0 Å². The molecule has 2 N–H and O–H groups in total. The van der Waals surface area contributed by atoms with E-state index in [1.54, 1.807) is 13.8 Å². The Labute approximate surface area is 108 Å². The van der Waals surface area contributed by atoms with Crippen LogP contribution in [0.4, 0.5) is 0 Å². The molecule has 6 nitrogen and oxygen atoms in total. The fraction of sp³-hybridized carbons (Fsp3) is 0.727. The van der Waals surface area contributed by atoms with Crippen LogP contribution in [0.5, 0.6) is 0 Å². The number of aryl methyl sites for hydroxylation is 1.